The summed E-state index contributed by atoms with van der Waals surface area (Å²) >= 11 is 0. The Bertz CT molecular complexity index is 718. The molecular weight excluding hydrogens is 310 g/mol. The van der Waals surface area contributed by atoms with E-state index in [9.17, 15) is 4.79 Å². The first-order chi connectivity index (χ1) is 12.3. The van der Waals surface area contributed by atoms with Crippen LogP contribution in [0.1, 0.15) is 47.8 Å². The topological polar surface area (TPSA) is 36.4 Å². The lowest BCUT2D eigenvalue weighted by Gasteiger charge is -2.32. The zero-order valence-corrected chi connectivity index (χ0v) is 14.7. The van der Waals surface area contributed by atoms with Gasteiger partial charge in [0.1, 0.15) is 5.69 Å². The second-order valence-corrected chi connectivity index (χ2v) is 7.17. The second kappa shape index (κ2) is 6.96. The molecule has 4 heteroatoms. The van der Waals surface area contributed by atoms with Crippen LogP contribution in [0.3, 0.4) is 0 Å². The van der Waals surface area contributed by atoms with Crippen LogP contribution in [-0.4, -0.2) is 46.4 Å². The van der Waals surface area contributed by atoms with Crippen molar-refractivity contribution in [1.82, 2.24) is 14.8 Å². The fourth-order valence-electron chi connectivity index (χ4n) is 4.52. The van der Waals surface area contributed by atoms with Gasteiger partial charge in [-0.1, -0.05) is 42.8 Å². The van der Waals surface area contributed by atoms with E-state index >= 15 is 0 Å². The minimum atomic E-state index is 0.0830. The van der Waals surface area contributed by atoms with Crippen LogP contribution >= 0.6 is 0 Å². The molecule has 2 saturated heterocycles. The van der Waals surface area contributed by atoms with Crippen molar-refractivity contribution in [2.24, 2.45) is 0 Å². The molecule has 0 unspecified atom stereocenters. The molecule has 4 rings (SSSR count). The standard InChI is InChI=1S/C21H25N3O/c1-23-18-12-6-8-14-24(21(25)17-11-5-7-13-22-17)20(18)15-19(23)16-9-3-2-4-10-16/h2-5,7,9-11,13,18-20H,6,8,12,14-15H2,1H3/t18-,19-,20+/m0/s1. The van der Waals surface area contributed by atoms with Crippen LogP contribution in [0.25, 0.3) is 0 Å². The predicted molar refractivity (Wildman–Crippen MR) is 98.3 cm³/mol. The number of likely N-dealkylation sites (tertiary alicyclic amines) is 2. The number of nitrogens with zero attached hydrogens (tertiary/aromatic N) is 3. The number of carbonyl (C=O) groups excluding carboxylic acids is 1. The average Bonchev–Trinajstić information content (AvgIpc) is 2.86. The highest BCUT2D eigenvalue weighted by molar-refractivity contribution is 5.92. The van der Waals surface area contributed by atoms with Gasteiger partial charge in [-0.15, -0.1) is 0 Å². The smallest absolute Gasteiger partial charge is 0.272 e. The van der Waals surface area contributed by atoms with Gasteiger partial charge in [0.15, 0.2) is 0 Å². The number of hydrogen-bond acceptors (Lipinski definition) is 3. The van der Waals surface area contributed by atoms with Gasteiger partial charge < -0.3 is 4.90 Å². The third-order valence-corrected chi connectivity index (χ3v) is 5.80. The van der Waals surface area contributed by atoms with Crippen molar-refractivity contribution in [2.75, 3.05) is 13.6 Å². The molecule has 1 aromatic carbocycles. The maximum Gasteiger partial charge on any atom is 0.272 e. The van der Waals surface area contributed by atoms with E-state index in [-0.39, 0.29) is 11.9 Å². The molecule has 4 nitrogen and oxygen atoms in total. The zero-order chi connectivity index (χ0) is 17.2. The zero-order valence-electron chi connectivity index (χ0n) is 14.7. The van der Waals surface area contributed by atoms with Gasteiger partial charge >= 0.3 is 0 Å². The van der Waals surface area contributed by atoms with Gasteiger partial charge in [0.25, 0.3) is 5.91 Å². The molecule has 3 heterocycles. The molecule has 2 aliphatic heterocycles. The average molecular weight is 335 g/mol. The highest BCUT2D eigenvalue weighted by atomic mass is 16.2. The Labute approximate surface area is 149 Å². The minimum Gasteiger partial charge on any atom is -0.333 e. The summed E-state index contributed by atoms with van der Waals surface area (Å²) in [5.41, 5.74) is 1.91. The van der Waals surface area contributed by atoms with Crippen LogP contribution in [0.2, 0.25) is 0 Å². The number of rotatable bonds is 2. The largest absolute Gasteiger partial charge is 0.333 e. The van der Waals surface area contributed by atoms with Gasteiger partial charge in [-0.25, -0.2) is 0 Å². The SMILES string of the molecule is CN1[C@H](c2ccccc2)C[C@@H]2[C@@H]1CCCCN2C(=O)c1ccccn1. The Kier molecular flexibility index (Phi) is 4.53. The third-order valence-electron chi connectivity index (χ3n) is 5.80. The second-order valence-electron chi connectivity index (χ2n) is 7.17. The van der Waals surface area contributed by atoms with E-state index in [1.807, 2.05) is 18.2 Å². The monoisotopic (exact) mass is 335 g/mol. The Morgan fingerprint density at radius 1 is 1.04 bits per heavy atom. The molecule has 2 aromatic rings. The molecule has 3 atom stereocenters. The lowest BCUT2D eigenvalue weighted by molar-refractivity contribution is 0.0653. The maximum atomic E-state index is 13.1. The van der Waals surface area contributed by atoms with Crippen molar-refractivity contribution in [3.8, 4) is 0 Å². The van der Waals surface area contributed by atoms with E-state index in [1.165, 1.54) is 12.0 Å². The van der Waals surface area contributed by atoms with E-state index in [0.29, 0.717) is 17.8 Å². The molecule has 1 amide bonds. The summed E-state index contributed by atoms with van der Waals surface area (Å²) in [5, 5.41) is 0. The van der Waals surface area contributed by atoms with Crippen LogP contribution in [0, 0.1) is 0 Å². The summed E-state index contributed by atoms with van der Waals surface area (Å²) in [5.74, 6) is 0.0830. The lowest BCUT2D eigenvalue weighted by atomic mass is 10.0. The van der Waals surface area contributed by atoms with Gasteiger partial charge in [0.2, 0.25) is 0 Å². The first-order valence-electron chi connectivity index (χ1n) is 9.24. The van der Waals surface area contributed by atoms with Gasteiger partial charge in [-0.3, -0.25) is 14.7 Å². The molecule has 0 N–H and O–H groups in total. The van der Waals surface area contributed by atoms with E-state index < -0.39 is 0 Å². The number of hydrogen-bond donors (Lipinski definition) is 0. The van der Waals surface area contributed by atoms with E-state index in [2.05, 4.69) is 52.2 Å². The molecule has 2 aliphatic rings. The molecule has 0 bridgehead atoms. The number of aromatic nitrogens is 1. The Morgan fingerprint density at radius 2 is 1.84 bits per heavy atom. The highest BCUT2D eigenvalue weighted by Gasteiger charge is 2.44. The normalized spacial score (nSPS) is 26.9. The van der Waals surface area contributed by atoms with Gasteiger partial charge in [0, 0.05) is 30.9 Å². The Hall–Kier alpha value is -2.20. The number of carbonyl (C=O) groups is 1. The fraction of sp³-hybridized carbons (Fsp3) is 0.429. The number of likely N-dealkylation sites (N-methyl/N-ethyl adjacent to an activating group) is 1. The summed E-state index contributed by atoms with van der Waals surface area (Å²) in [6.07, 6.45) is 6.13. The van der Waals surface area contributed by atoms with E-state index in [1.54, 1.807) is 6.20 Å². The van der Waals surface area contributed by atoms with Gasteiger partial charge in [-0.2, -0.15) is 0 Å². The molecule has 130 valence electrons. The highest BCUT2D eigenvalue weighted by Crippen LogP contribution is 2.40. The van der Waals surface area contributed by atoms with Gasteiger partial charge in [-0.05, 0) is 44.0 Å². The molecule has 0 aliphatic carbocycles. The lowest BCUT2D eigenvalue weighted by Crippen LogP contribution is -2.46. The van der Waals surface area contributed by atoms with Crippen molar-refractivity contribution >= 4 is 5.91 Å². The summed E-state index contributed by atoms with van der Waals surface area (Å²) in [6, 6.07) is 17.3. The molecule has 25 heavy (non-hydrogen) atoms. The molecule has 1 aromatic heterocycles. The van der Waals surface area contributed by atoms with Crippen LogP contribution in [-0.2, 0) is 0 Å². The molecule has 0 radical (unpaired) electrons. The Balaban J connectivity index is 1.62. The predicted octanol–water partition coefficient (Wildman–Crippen LogP) is 3.52. The maximum absolute atomic E-state index is 13.1. The van der Waals surface area contributed by atoms with Crippen molar-refractivity contribution in [3.05, 3.63) is 66.0 Å². The molecule has 0 spiro atoms. The number of benzene rings is 1. The molecule has 2 fully saturated rings. The summed E-state index contributed by atoms with van der Waals surface area (Å²) in [4.78, 5) is 22.0. The van der Waals surface area contributed by atoms with Crippen molar-refractivity contribution in [2.45, 2.75) is 43.8 Å². The third kappa shape index (κ3) is 3.07. The molecular formula is C21H25N3O. The Morgan fingerprint density at radius 3 is 2.60 bits per heavy atom. The van der Waals surface area contributed by atoms with Crippen molar-refractivity contribution < 1.29 is 4.79 Å². The summed E-state index contributed by atoms with van der Waals surface area (Å²) in [7, 11) is 2.22. The van der Waals surface area contributed by atoms with Crippen LogP contribution < -0.4 is 0 Å². The summed E-state index contributed by atoms with van der Waals surface area (Å²) in [6.45, 7) is 0.839. The van der Waals surface area contributed by atoms with E-state index in [0.717, 1.165) is 25.8 Å². The first kappa shape index (κ1) is 16.3. The van der Waals surface area contributed by atoms with Crippen LogP contribution in [0.5, 0.6) is 0 Å². The van der Waals surface area contributed by atoms with Crippen LogP contribution in [0.4, 0.5) is 0 Å². The van der Waals surface area contributed by atoms with E-state index in [4.69, 9.17) is 0 Å². The van der Waals surface area contributed by atoms with Crippen molar-refractivity contribution in [3.63, 3.8) is 0 Å². The van der Waals surface area contributed by atoms with Crippen molar-refractivity contribution in [1.29, 1.82) is 0 Å². The summed E-state index contributed by atoms with van der Waals surface area (Å²) < 4.78 is 0. The van der Waals surface area contributed by atoms with Crippen LogP contribution in [0.15, 0.2) is 54.7 Å². The minimum absolute atomic E-state index is 0.0830. The molecule has 0 saturated carbocycles. The quantitative estimate of drug-likeness (QED) is 0.842. The van der Waals surface area contributed by atoms with Gasteiger partial charge in [0.05, 0.1) is 0 Å². The number of fused-ring (bicyclic) bond motifs is 1. The number of amides is 1. The number of pyridine rings is 1. The fourth-order valence-corrected chi connectivity index (χ4v) is 4.52. The first-order valence-corrected chi connectivity index (χ1v) is 9.24.